The Morgan fingerprint density at radius 2 is 2.11 bits per heavy atom. The number of sulfone groups is 1. The molecule has 0 aromatic heterocycles. The molecule has 1 rings (SSSR count). The van der Waals surface area contributed by atoms with Crippen LogP contribution >= 0.6 is 0 Å². The molecule has 0 aliphatic carbocycles. The Hall–Kier alpha value is -1.56. The molecule has 0 aliphatic rings. The van der Waals surface area contributed by atoms with Gasteiger partial charge in [-0.1, -0.05) is 13.0 Å². The van der Waals surface area contributed by atoms with E-state index in [9.17, 15) is 13.2 Å². The summed E-state index contributed by atoms with van der Waals surface area (Å²) < 4.78 is 22.5. The number of hydrogen-bond acceptors (Lipinski definition) is 4. The highest BCUT2D eigenvalue weighted by atomic mass is 32.2. The third kappa shape index (κ3) is 5.18. The van der Waals surface area contributed by atoms with Crippen molar-refractivity contribution >= 4 is 27.1 Å². The molecule has 0 saturated carbocycles. The van der Waals surface area contributed by atoms with E-state index in [2.05, 4.69) is 5.32 Å². The molecule has 3 N–H and O–H groups in total. The van der Waals surface area contributed by atoms with E-state index in [1.807, 2.05) is 0 Å². The van der Waals surface area contributed by atoms with Gasteiger partial charge in [-0.15, -0.1) is 0 Å². The number of nitrogens with two attached hydrogens (primary N) is 1. The molecule has 0 saturated heterocycles. The molecule has 0 spiro atoms. The van der Waals surface area contributed by atoms with Crippen molar-refractivity contribution in [2.24, 2.45) is 0 Å². The number of nitrogen functional groups attached to an aromatic ring is 1. The number of carbonyl (C=O) groups excluding carboxylic acids is 1. The molecule has 0 aliphatic heterocycles. The zero-order valence-corrected chi connectivity index (χ0v) is 11.2. The lowest BCUT2D eigenvalue weighted by Gasteiger charge is -2.05. The van der Waals surface area contributed by atoms with Crippen molar-refractivity contribution < 1.29 is 13.2 Å². The Balaban J connectivity index is 2.39. The van der Waals surface area contributed by atoms with Crippen molar-refractivity contribution in [2.75, 3.05) is 22.6 Å². The molecule has 1 aromatic carbocycles. The van der Waals surface area contributed by atoms with Gasteiger partial charge in [-0.25, -0.2) is 8.42 Å². The lowest BCUT2D eigenvalue weighted by atomic mass is 10.2. The Kier molecular flexibility index (Phi) is 5.15. The van der Waals surface area contributed by atoms with Crippen LogP contribution in [0, 0.1) is 0 Å². The first kappa shape index (κ1) is 14.5. The topological polar surface area (TPSA) is 89.3 Å². The lowest BCUT2D eigenvalue weighted by molar-refractivity contribution is -0.116. The Morgan fingerprint density at radius 3 is 2.72 bits per heavy atom. The minimum Gasteiger partial charge on any atom is -0.399 e. The molecular formula is C12H18N2O3S. The molecule has 100 valence electrons. The highest BCUT2D eigenvalue weighted by molar-refractivity contribution is 7.91. The SMILES string of the molecule is CCS(=O)(=O)CCCC(=O)Nc1cccc(N)c1. The third-order valence-electron chi connectivity index (χ3n) is 2.47. The Labute approximate surface area is 107 Å². The molecule has 0 bridgehead atoms. The second-order valence-corrected chi connectivity index (χ2v) is 6.49. The number of amides is 1. The van der Waals surface area contributed by atoms with Crippen LogP contribution < -0.4 is 11.1 Å². The van der Waals surface area contributed by atoms with E-state index < -0.39 is 9.84 Å². The van der Waals surface area contributed by atoms with Crippen molar-refractivity contribution in [3.8, 4) is 0 Å². The fourth-order valence-electron chi connectivity index (χ4n) is 1.44. The van der Waals surface area contributed by atoms with Gasteiger partial charge in [0.25, 0.3) is 0 Å². The molecule has 0 unspecified atom stereocenters. The van der Waals surface area contributed by atoms with Gasteiger partial charge in [0.2, 0.25) is 5.91 Å². The quantitative estimate of drug-likeness (QED) is 0.765. The lowest BCUT2D eigenvalue weighted by Crippen LogP contribution is -2.15. The standard InChI is InChI=1S/C12H18N2O3S/c1-2-18(16,17)8-4-7-12(15)14-11-6-3-5-10(13)9-11/h3,5-6,9H,2,4,7-8,13H2,1H3,(H,14,15). The van der Waals surface area contributed by atoms with Crippen LogP contribution in [-0.4, -0.2) is 25.8 Å². The predicted molar refractivity (Wildman–Crippen MR) is 73.0 cm³/mol. The minimum atomic E-state index is -2.99. The van der Waals surface area contributed by atoms with Crippen LogP contribution in [0.2, 0.25) is 0 Å². The largest absolute Gasteiger partial charge is 0.399 e. The Bertz CT molecular complexity index is 512. The first-order chi connectivity index (χ1) is 8.43. The summed E-state index contributed by atoms with van der Waals surface area (Å²) in [4.78, 5) is 11.6. The number of hydrogen-bond donors (Lipinski definition) is 2. The zero-order valence-electron chi connectivity index (χ0n) is 10.3. The summed E-state index contributed by atoms with van der Waals surface area (Å²) in [7, 11) is -2.99. The molecule has 0 fully saturated rings. The molecule has 1 amide bonds. The summed E-state index contributed by atoms with van der Waals surface area (Å²) in [5, 5.41) is 2.67. The maximum absolute atomic E-state index is 11.6. The highest BCUT2D eigenvalue weighted by Crippen LogP contribution is 2.12. The van der Waals surface area contributed by atoms with Crippen LogP contribution in [0.3, 0.4) is 0 Å². The van der Waals surface area contributed by atoms with Crippen LogP contribution in [0.15, 0.2) is 24.3 Å². The van der Waals surface area contributed by atoms with Gasteiger partial charge < -0.3 is 11.1 Å². The van der Waals surface area contributed by atoms with Gasteiger partial charge >= 0.3 is 0 Å². The number of benzene rings is 1. The summed E-state index contributed by atoms with van der Waals surface area (Å²) >= 11 is 0. The molecule has 5 nitrogen and oxygen atoms in total. The molecule has 0 radical (unpaired) electrons. The number of rotatable bonds is 6. The molecule has 0 atom stereocenters. The fraction of sp³-hybridized carbons (Fsp3) is 0.417. The molecule has 18 heavy (non-hydrogen) atoms. The second-order valence-electron chi connectivity index (χ2n) is 4.01. The van der Waals surface area contributed by atoms with Crippen LogP contribution in [0.25, 0.3) is 0 Å². The van der Waals surface area contributed by atoms with Crippen molar-refractivity contribution in [3.63, 3.8) is 0 Å². The minimum absolute atomic E-state index is 0.0495. The van der Waals surface area contributed by atoms with Gasteiger partial charge in [-0.3, -0.25) is 4.79 Å². The first-order valence-electron chi connectivity index (χ1n) is 5.79. The summed E-state index contributed by atoms with van der Waals surface area (Å²) in [6, 6.07) is 6.85. The number of nitrogens with one attached hydrogen (secondary N) is 1. The van der Waals surface area contributed by atoms with Crippen molar-refractivity contribution in [2.45, 2.75) is 19.8 Å². The van der Waals surface area contributed by atoms with E-state index in [0.717, 1.165) is 0 Å². The molecule has 1 aromatic rings. The van der Waals surface area contributed by atoms with Crippen molar-refractivity contribution in [3.05, 3.63) is 24.3 Å². The van der Waals surface area contributed by atoms with Crippen LogP contribution in [0.5, 0.6) is 0 Å². The zero-order chi connectivity index (χ0) is 13.6. The number of carbonyl (C=O) groups is 1. The Morgan fingerprint density at radius 1 is 1.39 bits per heavy atom. The van der Waals surface area contributed by atoms with E-state index in [0.29, 0.717) is 17.8 Å². The second kappa shape index (κ2) is 6.39. The van der Waals surface area contributed by atoms with Gasteiger partial charge in [0.15, 0.2) is 0 Å². The third-order valence-corrected chi connectivity index (χ3v) is 4.26. The van der Waals surface area contributed by atoms with Crippen LogP contribution in [-0.2, 0) is 14.6 Å². The average molecular weight is 270 g/mol. The number of anilines is 2. The highest BCUT2D eigenvalue weighted by Gasteiger charge is 2.09. The van der Waals surface area contributed by atoms with Gasteiger partial charge in [-0.2, -0.15) is 0 Å². The van der Waals surface area contributed by atoms with Gasteiger partial charge in [0.05, 0.1) is 5.75 Å². The smallest absolute Gasteiger partial charge is 0.224 e. The van der Waals surface area contributed by atoms with E-state index in [-0.39, 0.29) is 23.8 Å². The van der Waals surface area contributed by atoms with Crippen molar-refractivity contribution in [1.82, 2.24) is 0 Å². The van der Waals surface area contributed by atoms with E-state index >= 15 is 0 Å². The molecular weight excluding hydrogens is 252 g/mol. The van der Waals surface area contributed by atoms with Gasteiger partial charge in [0.1, 0.15) is 9.84 Å². The molecule has 6 heteroatoms. The maximum atomic E-state index is 11.6. The predicted octanol–water partition coefficient (Wildman–Crippen LogP) is 1.42. The first-order valence-corrected chi connectivity index (χ1v) is 7.61. The monoisotopic (exact) mass is 270 g/mol. The van der Waals surface area contributed by atoms with E-state index in [1.165, 1.54) is 0 Å². The molecule has 0 heterocycles. The van der Waals surface area contributed by atoms with Gasteiger partial charge in [-0.05, 0) is 24.6 Å². The average Bonchev–Trinajstić information content (AvgIpc) is 2.28. The maximum Gasteiger partial charge on any atom is 0.224 e. The van der Waals surface area contributed by atoms with Crippen LogP contribution in [0.4, 0.5) is 11.4 Å². The van der Waals surface area contributed by atoms with Crippen LogP contribution in [0.1, 0.15) is 19.8 Å². The summed E-state index contributed by atoms with van der Waals surface area (Å²) in [6.07, 6.45) is 0.526. The van der Waals surface area contributed by atoms with E-state index in [1.54, 1.807) is 31.2 Å². The van der Waals surface area contributed by atoms with Crippen molar-refractivity contribution in [1.29, 1.82) is 0 Å². The summed E-state index contributed by atoms with van der Waals surface area (Å²) in [5.41, 5.74) is 6.77. The normalized spacial score (nSPS) is 11.2. The summed E-state index contributed by atoms with van der Waals surface area (Å²) in [6.45, 7) is 1.60. The van der Waals surface area contributed by atoms with Gasteiger partial charge in [0, 0.05) is 23.5 Å². The fourth-order valence-corrected chi connectivity index (χ4v) is 2.31. The van der Waals surface area contributed by atoms with E-state index in [4.69, 9.17) is 5.73 Å². The summed E-state index contributed by atoms with van der Waals surface area (Å²) in [5.74, 6) is -0.0376.